The molecule has 2 rings (SSSR count). The highest BCUT2D eigenvalue weighted by molar-refractivity contribution is 7.99. The van der Waals surface area contributed by atoms with Crippen molar-refractivity contribution in [3.63, 3.8) is 0 Å². The summed E-state index contributed by atoms with van der Waals surface area (Å²) >= 11 is 1.76. The molecule has 0 amide bonds. The normalized spacial score (nSPS) is 14.2. The van der Waals surface area contributed by atoms with Crippen LogP contribution in [0.1, 0.15) is 25.3 Å². The van der Waals surface area contributed by atoms with Gasteiger partial charge in [-0.3, -0.25) is 10.1 Å². The lowest BCUT2D eigenvalue weighted by Gasteiger charge is -2.09. The SMILES string of the molecule is CCSCCOc1cc(CNC2CC2)ccc1[N+](=O)[O-]. The first-order chi connectivity index (χ1) is 9.70. The zero-order chi connectivity index (χ0) is 14.4. The minimum Gasteiger partial charge on any atom is -0.486 e. The molecule has 1 aromatic carbocycles. The molecule has 0 radical (unpaired) electrons. The highest BCUT2D eigenvalue weighted by Gasteiger charge is 2.21. The van der Waals surface area contributed by atoms with Crippen molar-refractivity contribution in [2.45, 2.75) is 32.4 Å². The second kappa shape index (κ2) is 7.50. The Kier molecular flexibility index (Phi) is 5.67. The van der Waals surface area contributed by atoms with Crippen LogP contribution in [0.2, 0.25) is 0 Å². The average molecular weight is 296 g/mol. The van der Waals surface area contributed by atoms with Crippen molar-refractivity contribution < 1.29 is 9.66 Å². The molecule has 0 heterocycles. The van der Waals surface area contributed by atoms with Gasteiger partial charge in [0.05, 0.1) is 11.5 Å². The number of nitrogens with zero attached hydrogens (tertiary/aromatic N) is 1. The maximum absolute atomic E-state index is 11.0. The standard InChI is InChI=1S/C14H20N2O3S/c1-2-20-8-7-19-14-9-11(10-15-12-4-5-12)3-6-13(14)16(17)18/h3,6,9,12,15H,2,4-5,7-8,10H2,1H3. The molecule has 0 aliphatic heterocycles. The second-order valence-corrected chi connectivity index (χ2v) is 6.15. The van der Waals surface area contributed by atoms with Crippen molar-refractivity contribution in [3.05, 3.63) is 33.9 Å². The highest BCUT2D eigenvalue weighted by atomic mass is 32.2. The second-order valence-electron chi connectivity index (χ2n) is 4.76. The number of benzene rings is 1. The lowest BCUT2D eigenvalue weighted by Crippen LogP contribution is -2.15. The molecule has 1 N–H and O–H groups in total. The molecule has 0 unspecified atom stereocenters. The summed E-state index contributed by atoms with van der Waals surface area (Å²) in [6, 6.07) is 5.73. The Morgan fingerprint density at radius 2 is 2.30 bits per heavy atom. The van der Waals surface area contributed by atoms with Crippen molar-refractivity contribution >= 4 is 17.4 Å². The van der Waals surface area contributed by atoms with Crippen LogP contribution in [0.5, 0.6) is 5.75 Å². The van der Waals surface area contributed by atoms with Crippen LogP contribution in [0.3, 0.4) is 0 Å². The maximum atomic E-state index is 11.0. The van der Waals surface area contributed by atoms with Crippen LogP contribution in [-0.2, 0) is 6.54 Å². The van der Waals surface area contributed by atoms with Crippen molar-refractivity contribution in [1.82, 2.24) is 5.32 Å². The average Bonchev–Trinajstić information content (AvgIpc) is 3.25. The van der Waals surface area contributed by atoms with E-state index in [9.17, 15) is 10.1 Å². The van der Waals surface area contributed by atoms with E-state index in [1.165, 1.54) is 18.9 Å². The topological polar surface area (TPSA) is 64.4 Å². The number of nitrogens with one attached hydrogen (secondary N) is 1. The molecule has 5 nitrogen and oxygen atoms in total. The lowest BCUT2D eigenvalue weighted by atomic mass is 10.2. The predicted molar refractivity (Wildman–Crippen MR) is 81.5 cm³/mol. The van der Waals surface area contributed by atoms with Gasteiger partial charge in [0.2, 0.25) is 0 Å². The summed E-state index contributed by atoms with van der Waals surface area (Å²) in [7, 11) is 0. The molecule has 1 saturated carbocycles. The van der Waals surface area contributed by atoms with Gasteiger partial charge in [0.1, 0.15) is 0 Å². The fourth-order valence-electron chi connectivity index (χ4n) is 1.84. The van der Waals surface area contributed by atoms with Gasteiger partial charge in [-0.15, -0.1) is 0 Å². The van der Waals surface area contributed by atoms with E-state index >= 15 is 0 Å². The van der Waals surface area contributed by atoms with Gasteiger partial charge >= 0.3 is 5.69 Å². The van der Waals surface area contributed by atoms with Crippen LogP contribution in [0.4, 0.5) is 5.69 Å². The monoisotopic (exact) mass is 296 g/mol. The van der Waals surface area contributed by atoms with E-state index < -0.39 is 0 Å². The summed E-state index contributed by atoms with van der Waals surface area (Å²) in [6.45, 7) is 3.32. The van der Waals surface area contributed by atoms with E-state index in [1.54, 1.807) is 23.9 Å². The van der Waals surface area contributed by atoms with Gasteiger partial charge in [0.25, 0.3) is 0 Å². The number of nitro groups is 1. The molecule has 1 aromatic rings. The smallest absolute Gasteiger partial charge is 0.310 e. The minimum atomic E-state index is -0.388. The molecule has 0 aromatic heterocycles. The summed E-state index contributed by atoms with van der Waals surface area (Å²) in [4.78, 5) is 10.6. The molecule has 0 bridgehead atoms. The molecule has 0 spiro atoms. The van der Waals surface area contributed by atoms with Gasteiger partial charge < -0.3 is 10.1 Å². The fraction of sp³-hybridized carbons (Fsp3) is 0.571. The third-order valence-electron chi connectivity index (χ3n) is 3.08. The molecule has 110 valence electrons. The Hall–Kier alpha value is -1.27. The van der Waals surface area contributed by atoms with E-state index in [-0.39, 0.29) is 10.6 Å². The molecular weight excluding hydrogens is 276 g/mol. The van der Waals surface area contributed by atoms with Gasteiger partial charge in [-0.25, -0.2) is 0 Å². The summed E-state index contributed by atoms with van der Waals surface area (Å²) < 4.78 is 5.57. The summed E-state index contributed by atoms with van der Waals surface area (Å²) in [5.74, 6) is 2.25. The van der Waals surface area contributed by atoms with E-state index in [1.807, 2.05) is 0 Å². The molecule has 20 heavy (non-hydrogen) atoms. The van der Waals surface area contributed by atoms with Crippen LogP contribution >= 0.6 is 11.8 Å². The fourth-order valence-corrected chi connectivity index (χ4v) is 2.33. The first kappa shape index (κ1) is 15.1. The molecule has 0 saturated heterocycles. The predicted octanol–water partition coefficient (Wildman–Crippen LogP) is 2.98. The lowest BCUT2D eigenvalue weighted by molar-refractivity contribution is -0.385. The quantitative estimate of drug-likeness (QED) is 0.431. The number of hydrogen-bond donors (Lipinski definition) is 1. The van der Waals surface area contributed by atoms with E-state index in [4.69, 9.17) is 4.74 Å². The number of hydrogen-bond acceptors (Lipinski definition) is 5. The maximum Gasteiger partial charge on any atom is 0.310 e. The van der Waals surface area contributed by atoms with Crippen molar-refractivity contribution in [2.75, 3.05) is 18.1 Å². The zero-order valence-electron chi connectivity index (χ0n) is 11.6. The summed E-state index contributed by atoms with van der Waals surface area (Å²) in [5, 5.41) is 14.4. The summed E-state index contributed by atoms with van der Waals surface area (Å²) in [6.07, 6.45) is 2.45. The number of rotatable bonds is 9. The number of nitro benzene ring substituents is 1. The van der Waals surface area contributed by atoms with Crippen LogP contribution < -0.4 is 10.1 Å². The molecule has 6 heteroatoms. The Morgan fingerprint density at radius 1 is 1.50 bits per heavy atom. The third-order valence-corrected chi connectivity index (χ3v) is 3.95. The third kappa shape index (κ3) is 4.68. The molecule has 1 fully saturated rings. The van der Waals surface area contributed by atoms with Gasteiger partial charge in [-0.2, -0.15) is 11.8 Å². The minimum absolute atomic E-state index is 0.0432. The molecule has 1 aliphatic rings. The molecule has 0 atom stereocenters. The van der Waals surface area contributed by atoms with Crippen molar-refractivity contribution in [3.8, 4) is 5.75 Å². The summed E-state index contributed by atoms with van der Waals surface area (Å²) in [5.41, 5.74) is 1.07. The van der Waals surface area contributed by atoms with Crippen LogP contribution in [0.15, 0.2) is 18.2 Å². The first-order valence-corrected chi connectivity index (χ1v) is 8.07. The number of thioether (sulfide) groups is 1. The van der Waals surface area contributed by atoms with E-state index in [2.05, 4.69) is 12.2 Å². The van der Waals surface area contributed by atoms with Crippen LogP contribution in [-0.4, -0.2) is 29.1 Å². The van der Waals surface area contributed by atoms with Crippen molar-refractivity contribution in [2.24, 2.45) is 0 Å². The van der Waals surface area contributed by atoms with Gasteiger partial charge in [0.15, 0.2) is 5.75 Å². The van der Waals surface area contributed by atoms with Gasteiger partial charge in [-0.1, -0.05) is 13.0 Å². The Morgan fingerprint density at radius 3 is 2.95 bits per heavy atom. The number of ether oxygens (including phenoxy) is 1. The van der Waals surface area contributed by atoms with Crippen LogP contribution in [0, 0.1) is 10.1 Å². The first-order valence-electron chi connectivity index (χ1n) is 6.92. The molecular formula is C14H20N2O3S. The van der Waals surface area contributed by atoms with E-state index in [0.29, 0.717) is 18.4 Å². The van der Waals surface area contributed by atoms with Crippen molar-refractivity contribution in [1.29, 1.82) is 0 Å². The highest BCUT2D eigenvalue weighted by Crippen LogP contribution is 2.28. The molecule has 1 aliphatic carbocycles. The Bertz CT molecular complexity index is 464. The largest absolute Gasteiger partial charge is 0.486 e. The Labute approximate surface area is 123 Å². The van der Waals surface area contributed by atoms with Crippen LogP contribution in [0.25, 0.3) is 0 Å². The Balaban J connectivity index is 1.98. The zero-order valence-corrected chi connectivity index (χ0v) is 12.4. The van der Waals surface area contributed by atoms with Gasteiger partial charge in [-0.05, 0) is 30.2 Å². The van der Waals surface area contributed by atoms with E-state index in [0.717, 1.165) is 23.6 Å². The van der Waals surface area contributed by atoms with Gasteiger partial charge in [0, 0.05) is 24.4 Å².